The van der Waals surface area contributed by atoms with Crippen LogP contribution >= 0.6 is 0 Å². The average Bonchev–Trinajstić information content (AvgIpc) is 2.64. The molecule has 98 valence electrons. The van der Waals surface area contributed by atoms with Crippen LogP contribution in [0.2, 0.25) is 0 Å². The highest BCUT2D eigenvalue weighted by Gasteiger charge is 2.42. The second kappa shape index (κ2) is 4.69. The van der Waals surface area contributed by atoms with Crippen LogP contribution in [0.15, 0.2) is 0 Å². The van der Waals surface area contributed by atoms with Gasteiger partial charge in [0.15, 0.2) is 15.6 Å². The van der Waals surface area contributed by atoms with Crippen LogP contribution in [-0.4, -0.2) is 38.4 Å². The van der Waals surface area contributed by atoms with E-state index in [4.69, 9.17) is 4.74 Å². The van der Waals surface area contributed by atoms with Gasteiger partial charge in [0.25, 0.3) is 0 Å². The van der Waals surface area contributed by atoms with Crippen molar-refractivity contribution in [2.75, 3.05) is 18.6 Å². The van der Waals surface area contributed by atoms with E-state index in [1.54, 1.807) is 0 Å². The summed E-state index contributed by atoms with van der Waals surface area (Å²) >= 11 is 0. The molecular formula is C12H20O4S. The third-order valence-electron chi connectivity index (χ3n) is 3.87. The van der Waals surface area contributed by atoms with Crippen molar-refractivity contribution >= 4 is 15.6 Å². The van der Waals surface area contributed by atoms with Crippen LogP contribution < -0.4 is 0 Å². The van der Waals surface area contributed by atoms with E-state index in [0.29, 0.717) is 13.0 Å². The molecule has 2 aliphatic rings. The lowest BCUT2D eigenvalue weighted by atomic mass is 9.83. The van der Waals surface area contributed by atoms with Crippen molar-refractivity contribution in [2.45, 2.75) is 44.1 Å². The van der Waals surface area contributed by atoms with Crippen molar-refractivity contribution in [1.29, 1.82) is 0 Å². The molecule has 0 bridgehead atoms. The molecule has 1 saturated carbocycles. The standard InChI is InChI=1S/C12H20O4S/c1-17(14,15)9-11(13)10-4-7-16-12(8-10)5-2-3-6-12/h10H,2-9H2,1H3. The maximum atomic E-state index is 11.9. The summed E-state index contributed by atoms with van der Waals surface area (Å²) in [6.07, 6.45) is 6.89. The molecule has 0 amide bonds. The summed E-state index contributed by atoms with van der Waals surface area (Å²) < 4.78 is 28.1. The highest BCUT2D eigenvalue weighted by atomic mass is 32.2. The smallest absolute Gasteiger partial charge is 0.154 e. The molecule has 1 saturated heterocycles. The van der Waals surface area contributed by atoms with Gasteiger partial charge in [-0.3, -0.25) is 4.79 Å². The monoisotopic (exact) mass is 260 g/mol. The Hall–Kier alpha value is -0.420. The normalized spacial score (nSPS) is 28.4. The molecule has 0 radical (unpaired) electrons. The molecule has 1 heterocycles. The molecule has 0 aromatic rings. The Labute approximate surface area is 103 Å². The Balaban J connectivity index is 2.00. The molecule has 1 atom stereocenters. The molecule has 0 aromatic heterocycles. The largest absolute Gasteiger partial charge is 0.375 e. The Morgan fingerprint density at radius 2 is 2.00 bits per heavy atom. The van der Waals surface area contributed by atoms with E-state index in [9.17, 15) is 13.2 Å². The van der Waals surface area contributed by atoms with Gasteiger partial charge in [-0.1, -0.05) is 12.8 Å². The molecule has 17 heavy (non-hydrogen) atoms. The first-order valence-corrected chi connectivity index (χ1v) is 8.31. The van der Waals surface area contributed by atoms with Gasteiger partial charge in [0.2, 0.25) is 0 Å². The molecule has 4 nitrogen and oxygen atoms in total. The Morgan fingerprint density at radius 3 is 2.59 bits per heavy atom. The van der Waals surface area contributed by atoms with Crippen molar-refractivity contribution in [2.24, 2.45) is 5.92 Å². The lowest BCUT2D eigenvalue weighted by molar-refractivity contribution is -0.134. The molecular weight excluding hydrogens is 240 g/mol. The first-order chi connectivity index (χ1) is 7.90. The number of carbonyl (C=O) groups excluding carboxylic acids is 1. The zero-order valence-electron chi connectivity index (χ0n) is 10.3. The number of hydrogen-bond donors (Lipinski definition) is 0. The lowest BCUT2D eigenvalue weighted by Crippen LogP contribution is -2.41. The van der Waals surface area contributed by atoms with Crippen LogP contribution in [0.1, 0.15) is 38.5 Å². The van der Waals surface area contributed by atoms with Gasteiger partial charge in [-0.2, -0.15) is 0 Å². The minimum absolute atomic E-state index is 0.114. The number of ether oxygens (including phenoxy) is 1. The van der Waals surface area contributed by atoms with Gasteiger partial charge in [-0.05, 0) is 25.7 Å². The molecule has 2 rings (SSSR count). The van der Waals surface area contributed by atoms with Gasteiger partial charge in [0.05, 0.1) is 5.60 Å². The topological polar surface area (TPSA) is 60.4 Å². The van der Waals surface area contributed by atoms with E-state index in [1.807, 2.05) is 0 Å². The first kappa shape index (κ1) is 13.0. The molecule has 1 unspecified atom stereocenters. The predicted octanol–water partition coefficient (Wildman–Crippen LogP) is 1.34. The fourth-order valence-electron chi connectivity index (χ4n) is 3.05. The number of hydrogen-bond acceptors (Lipinski definition) is 4. The second-order valence-corrected chi connectivity index (χ2v) is 7.60. The number of sulfone groups is 1. The van der Waals surface area contributed by atoms with Gasteiger partial charge < -0.3 is 4.74 Å². The third-order valence-corrected chi connectivity index (χ3v) is 4.68. The molecule has 1 aliphatic carbocycles. The molecule has 1 spiro atoms. The van der Waals surface area contributed by atoms with Crippen LogP contribution in [0.5, 0.6) is 0 Å². The molecule has 1 aliphatic heterocycles. The van der Waals surface area contributed by atoms with Crippen LogP contribution in [0.25, 0.3) is 0 Å². The van der Waals surface area contributed by atoms with Gasteiger partial charge in [0, 0.05) is 18.8 Å². The number of ketones is 1. The summed E-state index contributed by atoms with van der Waals surface area (Å²) in [5, 5.41) is 0. The van der Waals surface area contributed by atoms with E-state index < -0.39 is 9.84 Å². The van der Waals surface area contributed by atoms with E-state index in [0.717, 1.165) is 38.4 Å². The summed E-state index contributed by atoms with van der Waals surface area (Å²) in [6.45, 7) is 0.597. The van der Waals surface area contributed by atoms with E-state index in [-0.39, 0.29) is 23.1 Å². The lowest BCUT2D eigenvalue weighted by Gasteiger charge is -2.37. The number of rotatable bonds is 3. The average molecular weight is 260 g/mol. The van der Waals surface area contributed by atoms with Crippen molar-refractivity contribution in [1.82, 2.24) is 0 Å². The van der Waals surface area contributed by atoms with Crippen LogP contribution in [0.3, 0.4) is 0 Å². The zero-order chi connectivity index (χ0) is 12.5. The first-order valence-electron chi connectivity index (χ1n) is 6.25. The second-order valence-electron chi connectivity index (χ2n) is 5.46. The highest BCUT2D eigenvalue weighted by Crippen LogP contribution is 2.42. The van der Waals surface area contributed by atoms with E-state index >= 15 is 0 Å². The van der Waals surface area contributed by atoms with E-state index in [1.165, 1.54) is 0 Å². The Morgan fingerprint density at radius 1 is 1.35 bits per heavy atom. The Bertz CT molecular complexity index is 393. The summed E-state index contributed by atoms with van der Waals surface area (Å²) in [5.74, 6) is -0.549. The highest BCUT2D eigenvalue weighted by molar-refractivity contribution is 7.91. The van der Waals surface area contributed by atoms with Crippen molar-refractivity contribution in [3.63, 3.8) is 0 Å². The van der Waals surface area contributed by atoms with Crippen LogP contribution in [0, 0.1) is 5.92 Å². The zero-order valence-corrected chi connectivity index (χ0v) is 11.1. The Kier molecular flexibility index (Phi) is 3.59. The molecule has 0 aromatic carbocycles. The summed E-state index contributed by atoms with van der Waals surface area (Å²) in [4.78, 5) is 11.9. The van der Waals surface area contributed by atoms with Gasteiger partial charge in [0.1, 0.15) is 5.75 Å². The summed E-state index contributed by atoms with van der Waals surface area (Å²) in [7, 11) is -3.20. The van der Waals surface area contributed by atoms with Crippen molar-refractivity contribution in [3.05, 3.63) is 0 Å². The fraction of sp³-hybridized carbons (Fsp3) is 0.917. The summed E-state index contributed by atoms with van der Waals surface area (Å²) in [6, 6.07) is 0. The van der Waals surface area contributed by atoms with Gasteiger partial charge in [-0.25, -0.2) is 8.42 Å². The van der Waals surface area contributed by atoms with E-state index in [2.05, 4.69) is 0 Å². The molecule has 0 N–H and O–H groups in total. The third kappa shape index (κ3) is 3.28. The predicted molar refractivity (Wildman–Crippen MR) is 64.6 cm³/mol. The minimum atomic E-state index is -3.20. The summed E-state index contributed by atoms with van der Waals surface area (Å²) in [5.41, 5.74) is -0.115. The van der Waals surface area contributed by atoms with Gasteiger partial charge >= 0.3 is 0 Å². The minimum Gasteiger partial charge on any atom is -0.375 e. The maximum absolute atomic E-state index is 11.9. The van der Waals surface area contributed by atoms with Crippen molar-refractivity contribution in [3.8, 4) is 0 Å². The molecule has 2 fully saturated rings. The van der Waals surface area contributed by atoms with Crippen LogP contribution in [-0.2, 0) is 19.4 Å². The number of Topliss-reactive ketones (excluding diaryl/α,β-unsaturated/α-hetero) is 1. The fourth-order valence-corrected chi connectivity index (χ4v) is 3.80. The SMILES string of the molecule is CS(=O)(=O)CC(=O)C1CCOC2(CCCC2)C1. The number of carbonyl (C=O) groups is 1. The van der Waals surface area contributed by atoms with Crippen LogP contribution in [0.4, 0.5) is 0 Å². The van der Waals surface area contributed by atoms with Crippen molar-refractivity contribution < 1.29 is 17.9 Å². The molecule has 5 heteroatoms. The quantitative estimate of drug-likeness (QED) is 0.768. The maximum Gasteiger partial charge on any atom is 0.154 e. The van der Waals surface area contributed by atoms with Gasteiger partial charge in [-0.15, -0.1) is 0 Å².